The van der Waals surface area contributed by atoms with Crippen LogP contribution >= 0.6 is 0 Å². The van der Waals surface area contributed by atoms with Gasteiger partial charge >= 0.3 is 0 Å². The number of para-hydroxylation sites is 1. The van der Waals surface area contributed by atoms with Crippen molar-refractivity contribution in [3.05, 3.63) is 68.7 Å². The van der Waals surface area contributed by atoms with Crippen LogP contribution in [-0.2, 0) is 6.54 Å². The first-order chi connectivity index (χ1) is 10.2. The number of rotatable bonds is 3. The molecule has 3 aromatic rings. The van der Waals surface area contributed by atoms with E-state index in [1.165, 1.54) is 16.8 Å². The number of nitrogens with two attached hydrogens (primary N) is 1. The third-order valence-electron chi connectivity index (χ3n) is 3.16. The second-order valence-corrected chi connectivity index (χ2v) is 4.57. The lowest BCUT2D eigenvalue weighted by atomic mass is 10.1. The van der Waals surface area contributed by atoms with Crippen LogP contribution in [0.5, 0.6) is 0 Å². The first-order valence-electron chi connectivity index (χ1n) is 6.33. The Morgan fingerprint density at radius 2 is 2.00 bits per heavy atom. The minimum Gasteiger partial charge on any atom is -0.308 e. The molecule has 0 amide bonds. The molecule has 0 unspecified atom stereocenters. The van der Waals surface area contributed by atoms with Gasteiger partial charge in [-0.1, -0.05) is 18.2 Å². The summed E-state index contributed by atoms with van der Waals surface area (Å²) in [6.45, 7) is 0.173. The van der Waals surface area contributed by atoms with Crippen molar-refractivity contribution in [2.24, 2.45) is 5.84 Å². The van der Waals surface area contributed by atoms with Crippen molar-refractivity contribution in [2.75, 3.05) is 5.43 Å². The van der Waals surface area contributed by atoms with Gasteiger partial charge in [0.05, 0.1) is 12.1 Å². The van der Waals surface area contributed by atoms with Crippen LogP contribution in [0.15, 0.2) is 52.1 Å². The number of aromatic nitrogens is 3. The topological polar surface area (TPSA) is 106 Å². The number of nitrogens with zero attached hydrogens (tertiary/aromatic N) is 2. The van der Waals surface area contributed by atoms with Gasteiger partial charge in [0, 0.05) is 23.1 Å². The smallest absolute Gasteiger partial charge is 0.265 e. The number of hydrogen-bond acceptors (Lipinski definition) is 5. The number of benzene rings is 1. The van der Waals surface area contributed by atoms with E-state index in [-0.39, 0.29) is 17.7 Å². The Bertz CT molecular complexity index is 913. The van der Waals surface area contributed by atoms with Crippen molar-refractivity contribution in [3.8, 4) is 0 Å². The van der Waals surface area contributed by atoms with Crippen LogP contribution < -0.4 is 22.4 Å². The van der Waals surface area contributed by atoms with Gasteiger partial charge in [-0.15, -0.1) is 0 Å². The van der Waals surface area contributed by atoms with Crippen molar-refractivity contribution >= 4 is 16.7 Å². The maximum absolute atomic E-state index is 11.8. The predicted octanol–water partition coefficient (Wildman–Crippen LogP) is 0.419. The summed E-state index contributed by atoms with van der Waals surface area (Å²) in [4.78, 5) is 27.5. The molecule has 0 saturated heterocycles. The number of nitrogen functional groups attached to an aromatic ring is 1. The van der Waals surface area contributed by atoms with E-state index in [1.54, 1.807) is 0 Å². The van der Waals surface area contributed by atoms with Crippen LogP contribution in [0, 0.1) is 0 Å². The first kappa shape index (κ1) is 13.1. The van der Waals surface area contributed by atoms with Gasteiger partial charge < -0.3 is 5.43 Å². The minimum atomic E-state index is -0.342. The SMILES string of the molecule is NNc1nc2ccccc2cc1Cn1[nH]c(=O)ccc1=O. The van der Waals surface area contributed by atoms with Crippen LogP contribution in [-0.4, -0.2) is 14.8 Å². The van der Waals surface area contributed by atoms with Gasteiger partial charge in [0.1, 0.15) is 5.82 Å². The van der Waals surface area contributed by atoms with Crippen molar-refractivity contribution in [1.29, 1.82) is 0 Å². The molecule has 3 rings (SSSR count). The van der Waals surface area contributed by atoms with Gasteiger partial charge in [0.15, 0.2) is 0 Å². The van der Waals surface area contributed by atoms with E-state index in [0.717, 1.165) is 10.9 Å². The Labute approximate surface area is 119 Å². The quantitative estimate of drug-likeness (QED) is 0.477. The molecule has 106 valence electrons. The van der Waals surface area contributed by atoms with Crippen LogP contribution in [0.1, 0.15) is 5.56 Å². The highest BCUT2D eigenvalue weighted by Gasteiger charge is 2.08. The summed E-state index contributed by atoms with van der Waals surface area (Å²) in [6, 6.07) is 11.9. The molecular formula is C14H13N5O2. The lowest BCUT2D eigenvalue weighted by Gasteiger charge is -2.11. The van der Waals surface area contributed by atoms with Gasteiger partial charge in [-0.3, -0.25) is 14.7 Å². The van der Waals surface area contributed by atoms with E-state index in [9.17, 15) is 9.59 Å². The molecule has 4 N–H and O–H groups in total. The van der Waals surface area contributed by atoms with E-state index in [4.69, 9.17) is 5.84 Å². The normalized spacial score (nSPS) is 10.7. The lowest BCUT2D eigenvalue weighted by Crippen LogP contribution is -2.29. The van der Waals surface area contributed by atoms with Crippen LogP contribution in [0.3, 0.4) is 0 Å². The number of nitrogens with one attached hydrogen (secondary N) is 2. The lowest BCUT2D eigenvalue weighted by molar-refractivity contribution is 0.627. The maximum Gasteiger partial charge on any atom is 0.265 e. The largest absolute Gasteiger partial charge is 0.308 e. The summed E-state index contributed by atoms with van der Waals surface area (Å²) < 4.78 is 1.22. The molecule has 1 aromatic carbocycles. The van der Waals surface area contributed by atoms with E-state index in [0.29, 0.717) is 11.4 Å². The third kappa shape index (κ3) is 2.54. The maximum atomic E-state index is 11.8. The van der Waals surface area contributed by atoms with Crippen molar-refractivity contribution in [1.82, 2.24) is 14.8 Å². The Hall–Kier alpha value is -2.93. The summed E-state index contributed by atoms with van der Waals surface area (Å²) in [5, 5.41) is 3.40. The average Bonchev–Trinajstić information content (AvgIpc) is 2.50. The summed E-state index contributed by atoms with van der Waals surface area (Å²) in [6.07, 6.45) is 0. The van der Waals surface area contributed by atoms with Gasteiger partial charge in [-0.25, -0.2) is 15.5 Å². The van der Waals surface area contributed by atoms with E-state index < -0.39 is 0 Å². The zero-order valence-corrected chi connectivity index (χ0v) is 11.0. The Morgan fingerprint density at radius 3 is 2.81 bits per heavy atom. The Kier molecular flexibility index (Phi) is 3.25. The van der Waals surface area contributed by atoms with E-state index in [2.05, 4.69) is 15.5 Å². The summed E-state index contributed by atoms with van der Waals surface area (Å²) >= 11 is 0. The van der Waals surface area contributed by atoms with Crippen molar-refractivity contribution in [2.45, 2.75) is 6.54 Å². The molecule has 0 aliphatic rings. The van der Waals surface area contributed by atoms with Gasteiger partial charge in [0.25, 0.3) is 11.1 Å². The second kappa shape index (κ2) is 5.22. The number of hydrazine groups is 1. The monoisotopic (exact) mass is 283 g/mol. The van der Waals surface area contributed by atoms with Gasteiger partial charge in [-0.2, -0.15) is 0 Å². The number of aromatic amines is 1. The molecule has 2 aromatic heterocycles. The molecule has 0 aliphatic carbocycles. The summed E-state index contributed by atoms with van der Waals surface area (Å²) in [5.41, 5.74) is 3.38. The van der Waals surface area contributed by atoms with E-state index in [1.807, 2.05) is 30.3 Å². The molecule has 0 fully saturated rings. The molecule has 0 aliphatic heterocycles. The molecule has 2 heterocycles. The minimum absolute atomic E-state index is 0.173. The molecule has 0 atom stereocenters. The second-order valence-electron chi connectivity index (χ2n) is 4.57. The fourth-order valence-electron chi connectivity index (χ4n) is 2.16. The third-order valence-corrected chi connectivity index (χ3v) is 3.16. The molecule has 21 heavy (non-hydrogen) atoms. The molecule has 0 radical (unpaired) electrons. The van der Waals surface area contributed by atoms with Crippen LogP contribution in [0.4, 0.5) is 5.82 Å². The Morgan fingerprint density at radius 1 is 1.19 bits per heavy atom. The molecular weight excluding hydrogens is 270 g/mol. The first-order valence-corrected chi connectivity index (χ1v) is 6.33. The predicted molar refractivity (Wildman–Crippen MR) is 80.0 cm³/mol. The molecule has 7 heteroatoms. The number of H-pyrrole nitrogens is 1. The molecule has 0 bridgehead atoms. The number of anilines is 1. The summed E-state index contributed by atoms with van der Waals surface area (Å²) in [5.74, 6) is 5.95. The number of pyridine rings is 1. The fraction of sp³-hybridized carbons (Fsp3) is 0.0714. The highest BCUT2D eigenvalue weighted by atomic mass is 16.1. The van der Waals surface area contributed by atoms with Crippen molar-refractivity contribution < 1.29 is 0 Å². The van der Waals surface area contributed by atoms with Crippen LogP contribution in [0.2, 0.25) is 0 Å². The zero-order valence-electron chi connectivity index (χ0n) is 11.0. The molecule has 7 nitrogen and oxygen atoms in total. The highest BCUT2D eigenvalue weighted by molar-refractivity contribution is 5.81. The summed E-state index contributed by atoms with van der Waals surface area (Å²) in [7, 11) is 0. The fourth-order valence-corrected chi connectivity index (χ4v) is 2.16. The number of fused-ring (bicyclic) bond motifs is 1. The van der Waals surface area contributed by atoms with Crippen LogP contribution in [0.25, 0.3) is 10.9 Å². The van der Waals surface area contributed by atoms with Gasteiger partial charge in [0.2, 0.25) is 0 Å². The highest BCUT2D eigenvalue weighted by Crippen LogP contribution is 2.20. The standard InChI is InChI=1S/C14H13N5O2/c15-17-14-10(7-9-3-1-2-4-11(9)16-14)8-19-13(21)6-5-12(20)18-19/h1-7H,8,15H2,(H,16,17)(H,18,20). The Balaban J connectivity index is 2.13. The average molecular weight is 283 g/mol. The number of hydrogen-bond donors (Lipinski definition) is 3. The van der Waals surface area contributed by atoms with Gasteiger partial charge in [-0.05, 0) is 12.1 Å². The van der Waals surface area contributed by atoms with E-state index >= 15 is 0 Å². The molecule has 0 saturated carbocycles. The van der Waals surface area contributed by atoms with Crippen molar-refractivity contribution in [3.63, 3.8) is 0 Å². The zero-order chi connectivity index (χ0) is 14.8. The molecule has 0 spiro atoms.